The molecule has 0 saturated carbocycles. The molecule has 18 heavy (non-hydrogen) atoms. The van der Waals surface area contributed by atoms with Crippen molar-refractivity contribution in [3.8, 4) is 0 Å². The molecule has 3 heteroatoms. The summed E-state index contributed by atoms with van der Waals surface area (Å²) in [7, 11) is 0. The predicted molar refractivity (Wildman–Crippen MR) is 72.7 cm³/mol. The average molecular weight is 247 g/mol. The molecule has 1 atom stereocenters. The molecule has 0 unspecified atom stereocenters. The quantitative estimate of drug-likeness (QED) is 0.891. The molecule has 0 aliphatic carbocycles. The zero-order chi connectivity index (χ0) is 13.3. The molecule has 98 valence electrons. The van der Waals surface area contributed by atoms with E-state index in [-0.39, 0.29) is 24.0 Å². The van der Waals surface area contributed by atoms with Crippen molar-refractivity contribution in [3.05, 3.63) is 29.8 Å². The molecule has 3 nitrogen and oxygen atoms in total. The summed E-state index contributed by atoms with van der Waals surface area (Å²) in [5.41, 5.74) is 1.81. The van der Waals surface area contributed by atoms with Crippen molar-refractivity contribution in [1.29, 1.82) is 0 Å². The molecule has 1 fully saturated rings. The fourth-order valence-corrected chi connectivity index (χ4v) is 2.39. The van der Waals surface area contributed by atoms with E-state index >= 15 is 0 Å². The minimum absolute atomic E-state index is 0.116. The molecule has 1 aromatic carbocycles. The summed E-state index contributed by atoms with van der Waals surface area (Å²) in [4.78, 5) is 13.7. The number of amides is 1. The van der Waals surface area contributed by atoms with Crippen molar-refractivity contribution < 1.29 is 9.90 Å². The number of rotatable bonds is 3. The Morgan fingerprint density at radius 3 is 2.39 bits per heavy atom. The number of anilines is 1. The van der Waals surface area contributed by atoms with Crippen molar-refractivity contribution >= 4 is 11.6 Å². The van der Waals surface area contributed by atoms with Crippen LogP contribution < -0.4 is 4.90 Å². The molecule has 1 N–H and O–H groups in total. The predicted octanol–water partition coefficient (Wildman–Crippen LogP) is 2.47. The summed E-state index contributed by atoms with van der Waals surface area (Å²) < 4.78 is 0. The Morgan fingerprint density at radius 2 is 1.94 bits per heavy atom. The molecule has 1 heterocycles. The number of aliphatic hydroxyl groups excluding tert-OH is 1. The molecular weight excluding hydrogens is 226 g/mol. The van der Waals surface area contributed by atoms with Crippen LogP contribution in [0.25, 0.3) is 0 Å². The van der Waals surface area contributed by atoms with E-state index in [1.165, 1.54) is 0 Å². The highest BCUT2D eigenvalue weighted by atomic mass is 16.3. The van der Waals surface area contributed by atoms with E-state index < -0.39 is 0 Å². The molecule has 0 aromatic heterocycles. The molecule has 1 aliphatic heterocycles. The summed E-state index contributed by atoms with van der Waals surface area (Å²) in [5.74, 6) is 0.205. The monoisotopic (exact) mass is 247 g/mol. The fraction of sp³-hybridized carbons (Fsp3) is 0.533. The third-order valence-corrected chi connectivity index (χ3v) is 3.81. The Kier molecular flexibility index (Phi) is 3.44. The Morgan fingerprint density at radius 1 is 1.33 bits per heavy atom. The first-order valence-electron chi connectivity index (χ1n) is 6.49. The van der Waals surface area contributed by atoms with Gasteiger partial charge in [-0.05, 0) is 31.0 Å². The number of aliphatic hydroxyl groups is 1. The number of hydrogen-bond acceptors (Lipinski definition) is 2. The first-order valence-corrected chi connectivity index (χ1v) is 6.49. The van der Waals surface area contributed by atoms with Gasteiger partial charge < -0.3 is 10.0 Å². The number of carbonyl (C=O) groups excluding carboxylic acids is 1. The number of hydrogen-bond donors (Lipinski definition) is 1. The highest BCUT2D eigenvalue weighted by Crippen LogP contribution is 2.29. The standard InChI is InChI=1S/C15H21NO2/c1-11-4-9-14(18)16(11)13-7-5-12(6-8-13)15(2,3)10-17/h5-8,11,17H,4,9-10H2,1-3H3/t11-/m1/s1. The van der Waals surface area contributed by atoms with E-state index in [2.05, 4.69) is 6.92 Å². The lowest BCUT2D eigenvalue weighted by atomic mass is 9.85. The van der Waals surface area contributed by atoms with Crippen LogP contribution in [0.15, 0.2) is 24.3 Å². The maximum atomic E-state index is 11.8. The zero-order valence-corrected chi connectivity index (χ0v) is 11.3. The van der Waals surface area contributed by atoms with Gasteiger partial charge in [0.25, 0.3) is 0 Å². The van der Waals surface area contributed by atoms with Crippen molar-refractivity contribution in [2.75, 3.05) is 11.5 Å². The average Bonchev–Trinajstić information content (AvgIpc) is 2.69. The van der Waals surface area contributed by atoms with Crippen molar-refractivity contribution in [3.63, 3.8) is 0 Å². The van der Waals surface area contributed by atoms with Gasteiger partial charge in [0.05, 0.1) is 6.61 Å². The third-order valence-electron chi connectivity index (χ3n) is 3.81. The van der Waals surface area contributed by atoms with Gasteiger partial charge in [0.1, 0.15) is 0 Å². The molecule has 1 amide bonds. The molecule has 1 aromatic rings. The Balaban J connectivity index is 2.25. The Bertz CT molecular complexity index is 436. The number of benzene rings is 1. The maximum Gasteiger partial charge on any atom is 0.227 e. The SMILES string of the molecule is C[C@@H]1CCC(=O)N1c1ccc(C(C)(C)CO)cc1. The van der Waals surface area contributed by atoms with Gasteiger partial charge in [-0.25, -0.2) is 0 Å². The molecule has 0 radical (unpaired) electrons. The first-order chi connectivity index (χ1) is 8.45. The molecule has 0 spiro atoms. The van der Waals surface area contributed by atoms with Crippen LogP contribution in [-0.4, -0.2) is 23.7 Å². The molecule has 1 aliphatic rings. The molecule has 2 rings (SSSR count). The summed E-state index contributed by atoms with van der Waals surface area (Å²) in [6.45, 7) is 6.21. The largest absolute Gasteiger partial charge is 0.395 e. The lowest BCUT2D eigenvalue weighted by Gasteiger charge is -2.25. The summed E-state index contributed by atoms with van der Waals surface area (Å²) in [6, 6.07) is 8.25. The van der Waals surface area contributed by atoms with Gasteiger partial charge in [0, 0.05) is 23.6 Å². The first kappa shape index (κ1) is 13.1. The highest BCUT2D eigenvalue weighted by molar-refractivity contribution is 5.96. The van der Waals surface area contributed by atoms with Crippen molar-refractivity contribution in [2.45, 2.75) is 45.1 Å². The fourth-order valence-electron chi connectivity index (χ4n) is 2.39. The molecule has 0 bridgehead atoms. The molecular formula is C15H21NO2. The van der Waals surface area contributed by atoms with Gasteiger partial charge in [-0.15, -0.1) is 0 Å². The summed E-state index contributed by atoms with van der Waals surface area (Å²) >= 11 is 0. The normalized spacial score (nSPS) is 20.6. The van der Waals surface area contributed by atoms with Gasteiger partial charge in [-0.2, -0.15) is 0 Å². The second kappa shape index (κ2) is 4.73. The minimum atomic E-state index is -0.237. The van der Waals surface area contributed by atoms with Crippen LogP contribution in [0.1, 0.15) is 39.2 Å². The van der Waals surface area contributed by atoms with Gasteiger partial charge in [-0.1, -0.05) is 26.0 Å². The van der Waals surface area contributed by atoms with Gasteiger partial charge in [-0.3, -0.25) is 4.79 Å². The van der Waals surface area contributed by atoms with Gasteiger partial charge in [0.2, 0.25) is 5.91 Å². The summed E-state index contributed by atoms with van der Waals surface area (Å²) in [6.07, 6.45) is 1.58. The van der Waals surface area contributed by atoms with Crippen LogP contribution in [0.3, 0.4) is 0 Å². The summed E-state index contributed by atoms with van der Waals surface area (Å²) in [5, 5.41) is 9.35. The van der Waals surface area contributed by atoms with Crippen LogP contribution in [-0.2, 0) is 10.2 Å². The third kappa shape index (κ3) is 2.27. The zero-order valence-electron chi connectivity index (χ0n) is 11.3. The Hall–Kier alpha value is -1.35. The highest BCUT2D eigenvalue weighted by Gasteiger charge is 2.29. The maximum absolute atomic E-state index is 11.8. The second-order valence-electron chi connectivity index (χ2n) is 5.74. The number of nitrogens with zero attached hydrogens (tertiary/aromatic N) is 1. The van der Waals surface area contributed by atoms with Crippen LogP contribution in [0.4, 0.5) is 5.69 Å². The topological polar surface area (TPSA) is 40.5 Å². The van der Waals surface area contributed by atoms with Crippen molar-refractivity contribution in [1.82, 2.24) is 0 Å². The minimum Gasteiger partial charge on any atom is -0.395 e. The van der Waals surface area contributed by atoms with E-state index in [1.54, 1.807) is 0 Å². The smallest absolute Gasteiger partial charge is 0.227 e. The van der Waals surface area contributed by atoms with Crippen molar-refractivity contribution in [2.24, 2.45) is 0 Å². The Labute approximate surface area is 108 Å². The van der Waals surface area contributed by atoms with Crippen LogP contribution >= 0.6 is 0 Å². The van der Waals surface area contributed by atoms with Crippen LogP contribution in [0.2, 0.25) is 0 Å². The van der Waals surface area contributed by atoms with E-state index in [9.17, 15) is 9.90 Å². The van der Waals surface area contributed by atoms with E-state index in [0.29, 0.717) is 6.42 Å². The van der Waals surface area contributed by atoms with Crippen LogP contribution in [0.5, 0.6) is 0 Å². The lowest BCUT2D eigenvalue weighted by molar-refractivity contribution is -0.117. The van der Waals surface area contributed by atoms with Gasteiger partial charge in [0.15, 0.2) is 0 Å². The van der Waals surface area contributed by atoms with Crippen LogP contribution in [0, 0.1) is 0 Å². The van der Waals surface area contributed by atoms with E-state index in [4.69, 9.17) is 0 Å². The van der Waals surface area contributed by atoms with E-state index in [0.717, 1.165) is 17.7 Å². The lowest BCUT2D eigenvalue weighted by Crippen LogP contribution is -2.30. The second-order valence-corrected chi connectivity index (χ2v) is 5.74. The molecule has 1 saturated heterocycles. The van der Waals surface area contributed by atoms with E-state index in [1.807, 2.05) is 43.0 Å². The van der Waals surface area contributed by atoms with Gasteiger partial charge >= 0.3 is 0 Å². The number of carbonyl (C=O) groups is 1.